The Hall–Kier alpha value is -2.08. The van der Waals surface area contributed by atoms with Crippen molar-refractivity contribution in [2.75, 3.05) is 5.73 Å². The van der Waals surface area contributed by atoms with Gasteiger partial charge in [-0.2, -0.15) is 0 Å². The number of nitrogens with two attached hydrogens (primary N) is 1. The molecule has 0 radical (unpaired) electrons. The molecule has 1 aromatic heterocycles. The number of aromatic nitrogens is 2. The minimum absolute atomic E-state index is 0.196. The van der Waals surface area contributed by atoms with Crippen molar-refractivity contribution in [2.45, 2.75) is 23.9 Å². The molecule has 0 amide bonds. The first-order chi connectivity index (χ1) is 8.95. The first-order valence-electron chi connectivity index (χ1n) is 5.58. The van der Waals surface area contributed by atoms with Gasteiger partial charge in [-0.25, -0.2) is 14.8 Å². The van der Waals surface area contributed by atoms with Crippen LogP contribution < -0.4 is 5.73 Å². The fraction of sp³-hybridized carbons (Fsp3) is 0.154. The van der Waals surface area contributed by atoms with Gasteiger partial charge in [0.15, 0.2) is 5.16 Å². The average Bonchev–Trinajstić information content (AvgIpc) is 2.26. The summed E-state index contributed by atoms with van der Waals surface area (Å²) in [5.41, 5.74) is 8.09. The number of hydrogen-bond donors (Lipinski definition) is 2. The van der Waals surface area contributed by atoms with Crippen LogP contribution in [-0.4, -0.2) is 21.0 Å². The van der Waals surface area contributed by atoms with E-state index in [1.54, 1.807) is 12.1 Å². The SMILES string of the molecule is Cc1cc(C)nc(Sc2cc(N)ccc2C(=O)O)n1. The maximum absolute atomic E-state index is 11.2. The van der Waals surface area contributed by atoms with Crippen LogP contribution in [0.15, 0.2) is 34.3 Å². The van der Waals surface area contributed by atoms with Crippen molar-refractivity contribution in [3.8, 4) is 0 Å². The van der Waals surface area contributed by atoms with Crippen molar-refractivity contribution >= 4 is 23.4 Å². The summed E-state index contributed by atoms with van der Waals surface area (Å²) in [6.07, 6.45) is 0. The van der Waals surface area contributed by atoms with Crippen molar-refractivity contribution in [2.24, 2.45) is 0 Å². The van der Waals surface area contributed by atoms with Crippen molar-refractivity contribution in [1.29, 1.82) is 0 Å². The first kappa shape index (κ1) is 13.4. The Morgan fingerprint density at radius 3 is 2.42 bits per heavy atom. The van der Waals surface area contributed by atoms with Gasteiger partial charge >= 0.3 is 5.97 Å². The monoisotopic (exact) mass is 275 g/mol. The van der Waals surface area contributed by atoms with E-state index in [0.29, 0.717) is 15.7 Å². The Bertz CT molecular complexity index is 624. The second-order valence-corrected chi connectivity index (χ2v) is 5.11. The molecule has 6 heteroatoms. The number of hydrogen-bond acceptors (Lipinski definition) is 5. The molecule has 0 saturated heterocycles. The van der Waals surface area contributed by atoms with Gasteiger partial charge in [0.2, 0.25) is 0 Å². The number of carboxylic acids is 1. The Morgan fingerprint density at radius 1 is 1.21 bits per heavy atom. The molecule has 0 aliphatic carbocycles. The molecular weight excluding hydrogens is 262 g/mol. The fourth-order valence-corrected chi connectivity index (χ4v) is 2.67. The van der Waals surface area contributed by atoms with E-state index >= 15 is 0 Å². The number of nitrogen functional groups attached to an aromatic ring is 1. The van der Waals surface area contributed by atoms with Crippen molar-refractivity contribution in [1.82, 2.24) is 9.97 Å². The highest BCUT2D eigenvalue weighted by atomic mass is 32.2. The van der Waals surface area contributed by atoms with Crippen LogP contribution in [0, 0.1) is 13.8 Å². The predicted molar refractivity (Wildman–Crippen MR) is 73.4 cm³/mol. The Labute approximate surface area is 114 Å². The molecule has 1 heterocycles. The summed E-state index contributed by atoms with van der Waals surface area (Å²) in [5, 5.41) is 9.67. The summed E-state index contributed by atoms with van der Waals surface area (Å²) < 4.78 is 0. The minimum Gasteiger partial charge on any atom is -0.478 e. The Morgan fingerprint density at radius 2 is 1.84 bits per heavy atom. The van der Waals surface area contributed by atoms with Gasteiger partial charge in [0, 0.05) is 22.0 Å². The molecule has 0 spiro atoms. The molecule has 2 aromatic rings. The zero-order chi connectivity index (χ0) is 14.0. The summed E-state index contributed by atoms with van der Waals surface area (Å²) in [5.74, 6) is -0.994. The van der Waals surface area contributed by atoms with Crippen molar-refractivity contribution in [3.63, 3.8) is 0 Å². The fourth-order valence-electron chi connectivity index (χ4n) is 1.64. The summed E-state index contributed by atoms with van der Waals surface area (Å²) in [6, 6.07) is 6.54. The van der Waals surface area contributed by atoms with Crippen molar-refractivity contribution < 1.29 is 9.90 Å². The minimum atomic E-state index is -0.994. The lowest BCUT2D eigenvalue weighted by atomic mass is 10.2. The molecule has 0 aliphatic heterocycles. The Balaban J connectivity index is 2.42. The molecule has 1 aromatic carbocycles. The number of carbonyl (C=O) groups is 1. The standard InChI is InChI=1S/C13H13N3O2S/c1-7-5-8(2)16-13(15-7)19-11-6-9(14)3-4-10(11)12(17)18/h3-6H,14H2,1-2H3,(H,17,18). The van der Waals surface area contributed by atoms with Crippen LogP contribution in [0.4, 0.5) is 5.69 Å². The van der Waals surface area contributed by atoms with Gasteiger partial charge in [-0.3, -0.25) is 0 Å². The lowest BCUT2D eigenvalue weighted by molar-refractivity contribution is 0.0693. The van der Waals surface area contributed by atoms with Crippen LogP contribution in [-0.2, 0) is 0 Å². The Kier molecular flexibility index (Phi) is 3.71. The van der Waals surface area contributed by atoms with Crippen LogP contribution in [0.3, 0.4) is 0 Å². The van der Waals surface area contributed by atoms with Crippen LogP contribution in [0.2, 0.25) is 0 Å². The summed E-state index contributed by atoms with van der Waals surface area (Å²) in [4.78, 5) is 20.3. The van der Waals surface area contributed by atoms with Crippen molar-refractivity contribution in [3.05, 3.63) is 41.2 Å². The molecule has 0 fully saturated rings. The normalized spacial score (nSPS) is 10.4. The van der Waals surface area contributed by atoms with Gasteiger partial charge in [0.1, 0.15) is 0 Å². The van der Waals surface area contributed by atoms with Crippen LogP contribution in [0.25, 0.3) is 0 Å². The first-order valence-corrected chi connectivity index (χ1v) is 6.40. The third-order valence-electron chi connectivity index (χ3n) is 2.40. The van der Waals surface area contributed by atoms with E-state index in [1.165, 1.54) is 17.8 Å². The third-order valence-corrected chi connectivity index (χ3v) is 3.32. The third kappa shape index (κ3) is 3.23. The largest absolute Gasteiger partial charge is 0.478 e. The number of rotatable bonds is 3. The molecule has 0 atom stereocenters. The second kappa shape index (κ2) is 5.27. The lowest BCUT2D eigenvalue weighted by Crippen LogP contribution is -2.01. The van der Waals surface area contributed by atoms with E-state index < -0.39 is 5.97 Å². The zero-order valence-corrected chi connectivity index (χ0v) is 11.4. The van der Waals surface area contributed by atoms with E-state index in [0.717, 1.165) is 11.4 Å². The molecule has 0 aliphatic rings. The molecule has 98 valence electrons. The van der Waals surface area contributed by atoms with Gasteiger partial charge < -0.3 is 10.8 Å². The maximum Gasteiger partial charge on any atom is 0.336 e. The predicted octanol–water partition coefficient (Wildman–Crippen LogP) is 2.53. The molecule has 19 heavy (non-hydrogen) atoms. The number of carboxylic acid groups (broad SMARTS) is 1. The quantitative estimate of drug-likeness (QED) is 0.661. The molecule has 0 bridgehead atoms. The van der Waals surface area contributed by atoms with E-state index in [1.807, 2.05) is 19.9 Å². The number of benzene rings is 1. The number of aryl methyl sites for hydroxylation is 2. The number of nitrogens with zero attached hydrogens (tertiary/aromatic N) is 2. The highest BCUT2D eigenvalue weighted by Crippen LogP contribution is 2.30. The van der Waals surface area contributed by atoms with E-state index in [4.69, 9.17) is 10.8 Å². The van der Waals surface area contributed by atoms with Crippen LogP contribution in [0.5, 0.6) is 0 Å². The van der Waals surface area contributed by atoms with E-state index in [2.05, 4.69) is 9.97 Å². The average molecular weight is 275 g/mol. The van der Waals surface area contributed by atoms with Crippen LogP contribution in [0.1, 0.15) is 21.7 Å². The highest BCUT2D eigenvalue weighted by molar-refractivity contribution is 7.99. The lowest BCUT2D eigenvalue weighted by Gasteiger charge is -2.07. The maximum atomic E-state index is 11.2. The number of anilines is 1. The van der Waals surface area contributed by atoms with Gasteiger partial charge in [0.25, 0.3) is 0 Å². The van der Waals surface area contributed by atoms with E-state index in [-0.39, 0.29) is 5.56 Å². The summed E-state index contributed by atoms with van der Waals surface area (Å²) >= 11 is 1.20. The van der Waals surface area contributed by atoms with Gasteiger partial charge in [-0.05, 0) is 49.9 Å². The molecule has 2 rings (SSSR count). The molecule has 0 unspecified atom stereocenters. The summed E-state index contributed by atoms with van der Waals surface area (Å²) in [7, 11) is 0. The van der Waals surface area contributed by atoms with Gasteiger partial charge in [-0.1, -0.05) is 0 Å². The zero-order valence-electron chi connectivity index (χ0n) is 10.5. The topological polar surface area (TPSA) is 89.1 Å². The smallest absolute Gasteiger partial charge is 0.336 e. The van der Waals surface area contributed by atoms with Crippen LogP contribution >= 0.6 is 11.8 Å². The molecule has 0 saturated carbocycles. The van der Waals surface area contributed by atoms with E-state index in [9.17, 15) is 4.79 Å². The number of aromatic carboxylic acids is 1. The molecule has 3 N–H and O–H groups in total. The highest BCUT2D eigenvalue weighted by Gasteiger charge is 2.13. The summed E-state index contributed by atoms with van der Waals surface area (Å²) in [6.45, 7) is 3.74. The molecular formula is C13H13N3O2S. The van der Waals surface area contributed by atoms with Gasteiger partial charge in [0.05, 0.1) is 5.56 Å². The second-order valence-electron chi connectivity index (χ2n) is 4.10. The molecule has 5 nitrogen and oxygen atoms in total. The van der Waals surface area contributed by atoms with Gasteiger partial charge in [-0.15, -0.1) is 0 Å².